The molecule has 1 heterocycles. The predicted octanol–water partition coefficient (Wildman–Crippen LogP) is 3.92. The van der Waals surface area contributed by atoms with Crippen LogP contribution in [0.15, 0.2) is 12.7 Å². The van der Waals surface area contributed by atoms with Crippen LogP contribution in [-0.4, -0.2) is 25.8 Å². The normalized spacial score (nSPS) is 18.7. The largest absolute Gasteiger partial charge is 0.381 e. The molecule has 1 rings (SSSR count). The van der Waals surface area contributed by atoms with Gasteiger partial charge in [0.15, 0.2) is 0 Å². The van der Waals surface area contributed by atoms with Crippen molar-refractivity contribution < 1.29 is 4.74 Å². The third kappa shape index (κ3) is 6.55. The molecule has 1 atom stereocenters. The monoisotopic (exact) mass is 253 g/mol. The fourth-order valence-electron chi connectivity index (χ4n) is 2.78. The van der Waals surface area contributed by atoms with Gasteiger partial charge in [0.05, 0.1) is 0 Å². The highest BCUT2D eigenvalue weighted by Gasteiger charge is 2.22. The van der Waals surface area contributed by atoms with Gasteiger partial charge in [-0.3, -0.25) is 0 Å². The van der Waals surface area contributed by atoms with E-state index in [9.17, 15) is 0 Å². The van der Waals surface area contributed by atoms with E-state index in [0.29, 0.717) is 0 Å². The Balaban J connectivity index is 2.22. The number of nitrogens with one attached hydrogen (secondary N) is 1. The number of ether oxygens (including phenoxy) is 1. The minimum Gasteiger partial charge on any atom is -0.381 e. The second-order valence-electron chi connectivity index (χ2n) is 5.44. The molecule has 1 unspecified atom stereocenters. The van der Waals surface area contributed by atoms with E-state index in [2.05, 4.69) is 18.8 Å². The number of allylic oxidation sites excluding steroid dienone is 1. The molecule has 0 aromatic rings. The zero-order valence-corrected chi connectivity index (χ0v) is 12.1. The summed E-state index contributed by atoms with van der Waals surface area (Å²) >= 11 is 0. The van der Waals surface area contributed by atoms with Crippen molar-refractivity contribution in [3.63, 3.8) is 0 Å². The summed E-state index contributed by atoms with van der Waals surface area (Å²) in [6, 6.07) is 0.720. The van der Waals surface area contributed by atoms with Crippen molar-refractivity contribution in [2.24, 2.45) is 5.92 Å². The highest BCUT2D eigenvalue weighted by molar-refractivity contribution is 4.78. The first-order valence-corrected chi connectivity index (χ1v) is 7.80. The molecule has 0 spiro atoms. The zero-order valence-electron chi connectivity index (χ0n) is 12.1. The third-order valence-electron chi connectivity index (χ3n) is 3.91. The SMILES string of the molecule is C=CCCCCCC(NCCC)C1CCOCC1. The summed E-state index contributed by atoms with van der Waals surface area (Å²) in [6.07, 6.45) is 12.3. The van der Waals surface area contributed by atoms with Gasteiger partial charge in [0.2, 0.25) is 0 Å². The molecule has 106 valence electrons. The maximum Gasteiger partial charge on any atom is 0.0469 e. The number of rotatable bonds is 10. The second kappa shape index (κ2) is 10.6. The van der Waals surface area contributed by atoms with Crippen molar-refractivity contribution in [1.82, 2.24) is 5.32 Å². The molecule has 1 saturated heterocycles. The van der Waals surface area contributed by atoms with Gasteiger partial charge in [-0.25, -0.2) is 0 Å². The molecule has 1 aliphatic rings. The van der Waals surface area contributed by atoms with E-state index in [1.54, 1.807) is 0 Å². The van der Waals surface area contributed by atoms with Crippen LogP contribution in [0.5, 0.6) is 0 Å². The van der Waals surface area contributed by atoms with Gasteiger partial charge in [0.1, 0.15) is 0 Å². The minimum absolute atomic E-state index is 0.720. The van der Waals surface area contributed by atoms with Crippen LogP contribution in [0.2, 0.25) is 0 Å². The fourth-order valence-corrected chi connectivity index (χ4v) is 2.78. The van der Waals surface area contributed by atoms with E-state index in [-0.39, 0.29) is 0 Å². The maximum absolute atomic E-state index is 5.47. The van der Waals surface area contributed by atoms with Crippen LogP contribution in [0.25, 0.3) is 0 Å². The molecule has 1 fully saturated rings. The first-order chi connectivity index (χ1) is 8.88. The highest BCUT2D eigenvalue weighted by Crippen LogP contribution is 2.22. The quantitative estimate of drug-likeness (QED) is 0.471. The van der Waals surface area contributed by atoms with Crippen molar-refractivity contribution in [1.29, 1.82) is 0 Å². The van der Waals surface area contributed by atoms with Crippen LogP contribution >= 0.6 is 0 Å². The van der Waals surface area contributed by atoms with Gasteiger partial charge in [-0.05, 0) is 51.0 Å². The molecular formula is C16H31NO. The average Bonchev–Trinajstić information content (AvgIpc) is 2.43. The zero-order chi connectivity index (χ0) is 13.1. The lowest BCUT2D eigenvalue weighted by molar-refractivity contribution is 0.0522. The molecule has 0 aromatic heterocycles. The lowest BCUT2D eigenvalue weighted by Gasteiger charge is -2.31. The summed E-state index contributed by atoms with van der Waals surface area (Å²) in [4.78, 5) is 0. The van der Waals surface area contributed by atoms with Gasteiger partial charge in [0.25, 0.3) is 0 Å². The standard InChI is InChI=1S/C16H31NO/c1-3-5-6-7-8-9-16(17-12-4-2)15-10-13-18-14-11-15/h3,15-17H,1,4-14H2,2H3. The minimum atomic E-state index is 0.720. The Kier molecular flexibility index (Phi) is 9.23. The lowest BCUT2D eigenvalue weighted by Crippen LogP contribution is -2.39. The van der Waals surface area contributed by atoms with Crippen LogP contribution in [0.4, 0.5) is 0 Å². The summed E-state index contributed by atoms with van der Waals surface area (Å²) < 4.78 is 5.47. The lowest BCUT2D eigenvalue weighted by atomic mass is 9.88. The summed E-state index contributed by atoms with van der Waals surface area (Å²) in [7, 11) is 0. The molecule has 0 saturated carbocycles. The van der Waals surface area contributed by atoms with E-state index in [1.807, 2.05) is 6.08 Å². The summed E-state index contributed by atoms with van der Waals surface area (Å²) in [5.41, 5.74) is 0. The van der Waals surface area contributed by atoms with Crippen LogP contribution in [-0.2, 0) is 4.74 Å². The Hall–Kier alpha value is -0.340. The van der Waals surface area contributed by atoms with Gasteiger partial charge < -0.3 is 10.1 Å². The highest BCUT2D eigenvalue weighted by atomic mass is 16.5. The Labute approximate surface area is 113 Å². The van der Waals surface area contributed by atoms with Crippen LogP contribution < -0.4 is 5.32 Å². The number of unbranched alkanes of at least 4 members (excludes halogenated alkanes) is 3. The fraction of sp³-hybridized carbons (Fsp3) is 0.875. The summed E-state index contributed by atoms with van der Waals surface area (Å²) in [5, 5.41) is 3.75. The predicted molar refractivity (Wildman–Crippen MR) is 78.9 cm³/mol. The second-order valence-corrected chi connectivity index (χ2v) is 5.44. The van der Waals surface area contributed by atoms with E-state index in [1.165, 1.54) is 51.4 Å². The molecule has 0 radical (unpaired) electrons. The average molecular weight is 253 g/mol. The Morgan fingerprint density at radius 1 is 1.28 bits per heavy atom. The molecule has 2 nitrogen and oxygen atoms in total. The molecule has 0 aromatic carbocycles. The van der Waals surface area contributed by atoms with E-state index in [4.69, 9.17) is 4.74 Å². The van der Waals surface area contributed by atoms with E-state index in [0.717, 1.165) is 31.7 Å². The maximum atomic E-state index is 5.47. The summed E-state index contributed by atoms with van der Waals surface area (Å²) in [6.45, 7) is 9.12. The van der Waals surface area contributed by atoms with Gasteiger partial charge >= 0.3 is 0 Å². The van der Waals surface area contributed by atoms with Crippen molar-refractivity contribution in [2.45, 2.75) is 64.3 Å². The molecule has 2 heteroatoms. The Morgan fingerprint density at radius 2 is 2.06 bits per heavy atom. The third-order valence-corrected chi connectivity index (χ3v) is 3.91. The van der Waals surface area contributed by atoms with E-state index >= 15 is 0 Å². The van der Waals surface area contributed by atoms with Crippen molar-refractivity contribution >= 4 is 0 Å². The molecule has 18 heavy (non-hydrogen) atoms. The molecule has 1 N–H and O–H groups in total. The van der Waals surface area contributed by atoms with Crippen molar-refractivity contribution in [3.05, 3.63) is 12.7 Å². The van der Waals surface area contributed by atoms with Gasteiger partial charge in [-0.15, -0.1) is 6.58 Å². The van der Waals surface area contributed by atoms with Crippen LogP contribution in [0.1, 0.15) is 58.3 Å². The number of hydrogen-bond acceptors (Lipinski definition) is 2. The summed E-state index contributed by atoms with van der Waals surface area (Å²) in [5.74, 6) is 0.838. The first-order valence-electron chi connectivity index (χ1n) is 7.80. The Bertz CT molecular complexity index is 199. The first kappa shape index (κ1) is 15.7. The molecule has 1 aliphatic heterocycles. The Morgan fingerprint density at radius 3 is 2.72 bits per heavy atom. The topological polar surface area (TPSA) is 21.3 Å². The smallest absolute Gasteiger partial charge is 0.0469 e. The number of hydrogen-bond donors (Lipinski definition) is 1. The van der Waals surface area contributed by atoms with Gasteiger partial charge in [-0.2, -0.15) is 0 Å². The van der Waals surface area contributed by atoms with Crippen molar-refractivity contribution in [2.75, 3.05) is 19.8 Å². The van der Waals surface area contributed by atoms with Gasteiger partial charge in [-0.1, -0.05) is 25.8 Å². The van der Waals surface area contributed by atoms with Crippen LogP contribution in [0.3, 0.4) is 0 Å². The molecule has 0 bridgehead atoms. The van der Waals surface area contributed by atoms with Crippen molar-refractivity contribution in [3.8, 4) is 0 Å². The molecule has 0 amide bonds. The van der Waals surface area contributed by atoms with Gasteiger partial charge in [0, 0.05) is 19.3 Å². The van der Waals surface area contributed by atoms with Crippen LogP contribution in [0, 0.1) is 5.92 Å². The molecular weight excluding hydrogens is 222 g/mol. The molecule has 0 aliphatic carbocycles. The van der Waals surface area contributed by atoms with E-state index < -0.39 is 0 Å².